The number of sulfone groups is 1. The second-order valence-corrected chi connectivity index (χ2v) is 13.7. The summed E-state index contributed by atoms with van der Waals surface area (Å²) in [5.41, 5.74) is 3.90. The number of nitrogens with zero attached hydrogens (tertiary/aromatic N) is 3. The highest BCUT2D eigenvalue weighted by Crippen LogP contribution is 2.38. The molecule has 6 rings (SSSR count). The van der Waals surface area contributed by atoms with Gasteiger partial charge in [-0.2, -0.15) is 5.10 Å². The molecule has 2 aliphatic rings. The minimum Gasteiger partial charge on any atom is -0.489 e. The molecule has 7 nitrogen and oxygen atoms in total. The van der Waals surface area contributed by atoms with Crippen molar-refractivity contribution in [3.8, 4) is 22.7 Å². The van der Waals surface area contributed by atoms with E-state index in [2.05, 4.69) is 0 Å². The van der Waals surface area contributed by atoms with Crippen LogP contribution in [0.25, 0.3) is 23.0 Å². The number of hydrogen-bond donors (Lipinski definition) is 0. The molecule has 0 aliphatic carbocycles. The van der Waals surface area contributed by atoms with Gasteiger partial charge in [0.25, 0.3) is 5.91 Å². The van der Waals surface area contributed by atoms with E-state index in [1.165, 1.54) is 28.8 Å². The second kappa shape index (κ2) is 11.2. The molecule has 0 spiro atoms. The Kier molecular flexibility index (Phi) is 7.50. The average molecular weight is 606 g/mol. The van der Waals surface area contributed by atoms with Crippen LogP contribution in [0.4, 0.5) is 4.39 Å². The predicted molar refractivity (Wildman–Crippen MR) is 162 cm³/mol. The number of ether oxygens (including phenoxy) is 1. The number of carbonyl (C=O) groups is 1. The molecule has 4 aromatic rings. The number of thioether (sulfide) groups is 1. The summed E-state index contributed by atoms with van der Waals surface area (Å²) >= 11 is 6.66. The smallest absolute Gasteiger partial charge is 0.266 e. The Morgan fingerprint density at radius 3 is 2.46 bits per heavy atom. The van der Waals surface area contributed by atoms with Gasteiger partial charge in [0.05, 0.1) is 33.8 Å². The summed E-state index contributed by atoms with van der Waals surface area (Å²) in [6.45, 7) is 0.303. The van der Waals surface area contributed by atoms with Crippen LogP contribution >= 0.6 is 24.0 Å². The zero-order chi connectivity index (χ0) is 28.6. The van der Waals surface area contributed by atoms with Gasteiger partial charge in [-0.25, -0.2) is 17.5 Å². The molecule has 3 aromatic carbocycles. The first-order valence-electron chi connectivity index (χ1n) is 12.9. The number of aromatic nitrogens is 2. The Balaban J connectivity index is 1.29. The quantitative estimate of drug-likeness (QED) is 0.199. The van der Waals surface area contributed by atoms with Crippen molar-refractivity contribution >= 4 is 50.1 Å². The number of hydrogen-bond acceptors (Lipinski definition) is 7. The summed E-state index contributed by atoms with van der Waals surface area (Å²) < 4.78 is 45.2. The Morgan fingerprint density at radius 1 is 1.05 bits per heavy atom. The van der Waals surface area contributed by atoms with E-state index in [-0.39, 0.29) is 23.2 Å². The maximum absolute atomic E-state index is 13.4. The summed E-state index contributed by atoms with van der Waals surface area (Å²) in [5.74, 6) is 0.0577. The zero-order valence-corrected chi connectivity index (χ0v) is 24.1. The fourth-order valence-electron chi connectivity index (χ4n) is 4.80. The van der Waals surface area contributed by atoms with Crippen molar-refractivity contribution in [2.75, 3.05) is 11.5 Å². The van der Waals surface area contributed by atoms with E-state index in [1.807, 2.05) is 60.8 Å². The third-order valence-electron chi connectivity index (χ3n) is 6.89. The van der Waals surface area contributed by atoms with Crippen LogP contribution in [-0.2, 0) is 21.2 Å². The molecule has 208 valence electrons. The fraction of sp³-hybridized carbons (Fsp3) is 0.167. The molecule has 2 saturated heterocycles. The molecule has 11 heteroatoms. The minimum absolute atomic E-state index is 0.0609. The van der Waals surface area contributed by atoms with Gasteiger partial charge in [0.15, 0.2) is 9.84 Å². The van der Waals surface area contributed by atoms with Crippen molar-refractivity contribution in [3.63, 3.8) is 0 Å². The highest BCUT2D eigenvalue weighted by atomic mass is 32.2. The van der Waals surface area contributed by atoms with Crippen molar-refractivity contribution in [1.82, 2.24) is 14.7 Å². The van der Waals surface area contributed by atoms with Gasteiger partial charge in [0, 0.05) is 17.3 Å². The zero-order valence-electron chi connectivity index (χ0n) is 21.6. The number of amides is 1. The number of halogens is 1. The Bertz CT molecular complexity index is 1750. The van der Waals surface area contributed by atoms with Crippen LogP contribution in [0.5, 0.6) is 5.75 Å². The molecule has 2 fully saturated rings. The van der Waals surface area contributed by atoms with Crippen LogP contribution < -0.4 is 4.74 Å². The van der Waals surface area contributed by atoms with Crippen LogP contribution in [0.2, 0.25) is 0 Å². The monoisotopic (exact) mass is 605 g/mol. The Morgan fingerprint density at radius 2 is 1.78 bits per heavy atom. The molecule has 3 heterocycles. The molecular formula is C30H24FN3O4S3. The normalized spacial score (nSPS) is 19.3. The number of benzene rings is 3. The topological polar surface area (TPSA) is 81.5 Å². The van der Waals surface area contributed by atoms with Gasteiger partial charge in [-0.05, 0) is 66.6 Å². The lowest BCUT2D eigenvalue weighted by Crippen LogP contribution is -2.39. The van der Waals surface area contributed by atoms with Crippen molar-refractivity contribution in [2.24, 2.45) is 0 Å². The molecule has 0 N–H and O–H groups in total. The maximum Gasteiger partial charge on any atom is 0.266 e. The third-order valence-corrected chi connectivity index (χ3v) is 9.97. The van der Waals surface area contributed by atoms with Gasteiger partial charge in [-0.15, -0.1) is 0 Å². The van der Waals surface area contributed by atoms with Gasteiger partial charge in [-0.3, -0.25) is 9.69 Å². The highest BCUT2D eigenvalue weighted by molar-refractivity contribution is 8.26. The summed E-state index contributed by atoms with van der Waals surface area (Å²) in [7, 11) is -3.17. The number of thiocarbonyl (C=S) groups is 1. The molecular weight excluding hydrogens is 582 g/mol. The first-order valence-corrected chi connectivity index (χ1v) is 15.9. The summed E-state index contributed by atoms with van der Waals surface area (Å²) in [5, 5.41) is 4.83. The summed E-state index contributed by atoms with van der Waals surface area (Å²) in [4.78, 5) is 15.3. The van der Waals surface area contributed by atoms with Crippen LogP contribution in [-0.4, -0.2) is 50.9 Å². The number of rotatable bonds is 7. The molecule has 1 amide bonds. The van der Waals surface area contributed by atoms with Crippen molar-refractivity contribution in [1.29, 1.82) is 0 Å². The van der Waals surface area contributed by atoms with E-state index in [1.54, 1.807) is 22.9 Å². The molecule has 1 atom stereocenters. The lowest BCUT2D eigenvalue weighted by molar-refractivity contribution is -0.123. The van der Waals surface area contributed by atoms with Crippen LogP contribution in [0.1, 0.15) is 17.5 Å². The minimum atomic E-state index is -3.17. The van der Waals surface area contributed by atoms with Gasteiger partial charge >= 0.3 is 0 Å². The van der Waals surface area contributed by atoms with E-state index >= 15 is 0 Å². The standard InChI is InChI=1S/C30H24FN3O4S3/c31-23-10-6-20(7-11-23)18-38-26-12-8-21(9-13-26)28-22(17-33(32-28)24-4-2-1-3-5-24)16-27-29(35)34(30(39)40-27)25-14-15-41(36,37)19-25/h1-13,16-17,25H,14-15,18-19H2/b27-16-/t25-/m0/s1. The molecule has 0 radical (unpaired) electrons. The number of carbonyl (C=O) groups excluding carboxylic acids is 1. The summed E-state index contributed by atoms with van der Waals surface area (Å²) in [6.07, 6.45) is 4.01. The Hall–Kier alpha value is -3.80. The molecule has 1 aromatic heterocycles. The first kappa shape index (κ1) is 27.4. The second-order valence-electron chi connectivity index (χ2n) is 9.76. The van der Waals surface area contributed by atoms with Crippen molar-refractivity contribution in [3.05, 3.63) is 107 Å². The first-order chi connectivity index (χ1) is 19.8. The van der Waals surface area contributed by atoms with Crippen LogP contribution in [0.15, 0.2) is 90.0 Å². The van der Waals surface area contributed by atoms with Gasteiger partial charge in [-0.1, -0.05) is 54.3 Å². The van der Waals surface area contributed by atoms with Gasteiger partial charge < -0.3 is 4.74 Å². The van der Waals surface area contributed by atoms with Crippen LogP contribution in [0, 0.1) is 5.82 Å². The van der Waals surface area contributed by atoms with E-state index in [0.717, 1.165) is 16.8 Å². The molecule has 0 saturated carbocycles. The van der Waals surface area contributed by atoms with E-state index in [9.17, 15) is 17.6 Å². The SMILES string of the molecule is O=C1/C(=C/c2cn(-c3ccccc3)nc2-c2ccc(OCc3ccc(F)cc3)cc2)SC(=S)N1[C@H]1CCS(=O)(=O)C1. The van der Waals surface area contributed by atoms with Gasteiger partial charge in [0.1, 0.15) is 22.5 Å². The van der Waals surface area contributed by atoms with Crippen molar-refractivity contribution < 1.29 is 22.3 Å². The van der Waals surface area contributed by atoms with E-state index in [0.29, 0.717) is 39.3 Å². The largest absolute Gasteiger partial charge is 0.489 e. The lowest BCUT2D eigenvalue weighted by atomic mass is 10.1. The van der Waals surface area contributed by atoms with Gasteiger partial charge in [0.2, 0.25) is 0 Å². The summed E-state index contributed by atoms with van der Waals surface area (Å²) in [6, 6.07) is 22.8. The predicted octanol–water partition coefficient (Wildman–Crippen LogP) is 5.65. The average Bonchev–Trinajstić information content (AvgIpc) is 3.63. The van der Waals surface area contributed by atoms with E-state index in [4.69, 9.17) is 22.1 Å². The molecule has 41 heavy (non-hydrogen) atoms. The third kappa shape index (κ3) is 5.97. The maximum atomic E-state index is 13.4. The molecule has 0 bridgehead atoms. The molecule has 2 aliphatic heterocycles. The fourth-order valence-corrected chi connectivity index (χ4v) is 7.89. The van der Waals surface area contributed by atoms with E-state index < -0.39 is 15.9 Å². The highest BCUT2D eigenvalue weighted by Gasteiger charge is 2.42. The lowest BCUT2D eigenvalue weighted by Gasteiger charge is -2.20. The molecule has 0 unspecified atom stereocenters. The Labute approximate surface area is 246 Å². The van der Waals surface area contributed by atoms with Crippen molar-refractivity contribution in [2.45, 2.75) is 19.1 Å². The number of para-hydroxylation sites is 1. The van der Waals surface area contributed by atoms with Crippen LogP contribution in [0.3, 0.4) is 0 Å².